The van der Waals surface area contributed by atoms with Crippen LogP contribution in [0.1, 0.15) is 18.4 Å². The van der Waals surface area contributed by atoms with Crippen LogP contribution in [0.5, 0.6) is 5.75 Å². The van der Waals surface area contributed by atoms with Gasteiger partial charge in [-0.2, -0.15) is 13.1 Å². The van der Waals surface area contributed by atoms with Gasteiger partial charge in [-0.1, -0.05) is 17.8 Å². The summed E-state index contributed by atoms with van der Waals surface area (Å²) >= 11 is 1.88. The van der Waals surface area contributed by atoms with Gasteiger partial charge in [0.25, 0.3) is 5.76 Å². The van der Waals surface area contributed by atoms with Crippen LogP contribution in [0.2, 0.25) is 0 Å². The van der Waals surface area contributed by atoms with Crippen molar-refractivity contribution in [1.29, 1.82) is 0 Å². The number of nitrogens with zero attached hydrogens (tertiary/aromatic N) is 2. The average molecular weight is 447 g/mol. The van der Waals surface area contributed by atoms with E-state index >= 15 is 0 Å². The molecule has 0 amide bonds. The molecule has 1 aliphatic heterocycles. The van der Waals surface area contributed by atoms with Gasteiger partial charge in [0.1, 0.15) is 10.6 Å². The predicted molar refractivity (Wildman–Crippen MR) is 107 cm³/mol. The predicted octanol–water partition coefficient (Wildman–Crippen LogP) is 4.48. The molecule has 0 bridgehead atoms. The first kappa shape index (κ1) is 21.4. The van der Waals surface area contributed by atoms with E-state index < -0.39 is 15.8 Å². The second-order valence-electron chi connectivity index (χ2n) is 6.10. The molecule has 1 aliphatic rings. The number of pyridine rings is 1. The van der Waals surface area contributed by atoms with E-state index in [0.29, 0.717) is 46.3 Å². The molecule has 2 heterocycles. The standard InChI is InChI=1S/C18H20F2N2O3S3/c1-25-15-10-13(4-6-16(15)27-18(19)20)12-26-17-7-5-14(11-21-17)28(23,24)22-8-2-3-9-22/h4-7,10-11,18H,2-3,8-9,12H2,1H3. The Morgan fingerprint density at radius 3 is 2.57 bits per heavy atom. The molecule has 1 aromatic heterocycles. The van der Waals surface area contributed by atoms with Gasteiger partial charge in [0.2, 0.25) is 10.0 Å². The zero-order valence-corrected chi connectivity index (χ0v) is 17.6. The number of methoxy groups -OCH3 is 1. The SMILES string of the molecule is COc1cc(CSc2ccc(S(=O)(=O)N3CCCC3)cn2)ccc1SC(F)F. The van der Waals surface area contributed by atoms with Gasteiger partial charge >= 0.3 is 0 Å². The fourth-order valence-electron chi connectivity index (χ4n) is 2.83. The zero-order valence-electron chi connectivity index (χ0n) is 15.2. The largest absolute Gasteiger partial charge is 0.496 e. The molecule has 1 fully saturated rings. The van der Waals surface area contributed by atoms with Crippen molar-refractivity contribution < 1.29 is 21.9 Å². The molecule has 0 unspecified atom stereocenters. The molecule has 3 rings (SSSR count). The van der Waals surface area contributed by atoms with Gasteiger partial charge in [-0.25, -0.2) is 13.4 Å². The third-order valence-electron chi connectivity index (χ3n) is 4.24. The number of halogens is 2. The number of hydrogen-bond acceptors (Lipinski definition) is 6. The van der Waals surface area contributed by atoms with Crippen molar-refractivity contribution in [1.82, 2.24) is 9.29 Å². The topological polar surface area (TPSA) is 59.5 Å². The number of aromatic nitrogens is 1. The van der Waals surface area contributed by atoms with Crippen LogP contribution >= 0.6 is 23.5 Å². The maximum atomic E-state index is 12.6. The number of hydrogen-bond donors (Lipinski definition) is 0. The molecule has 0 aliphatic carbocycles. The molecule has 0 radical (unpaired) electrons. The summed E-state index contributed by atoms with van der Waals surface area (Å²) in [5.74, 6) is -1.54. The van der Waals surface area contributed by atoms with Crippen LogP contribution in [0.4, 0.5) is 8.78 Å². The lowest BCUT2D eigenvalue weighted by Gasteiger charge is -2.15. The van der Waals surface area contributed by atoms with Crippen molar-refractivity contribution in [2.75, 3.05) is 20.2 Å². The molecule has 0 atom stereocenters. The van der Waals surface area contributed by atoms with E-state index in [1.165, 1.54) is 29.4 Å². The summed E-state index contributed by atoms with van der Waals surface area (Å²) in [5, 5.41) is 0.686. The highest BCUT2D eigenvalue weighted by Gasteiger charge is 2.27. The Morgan fingerprint density at radius 1 is 1.21 bits per heavy atom. The molecule has 0 spiro atoms. The summed E-state index contributed by atoms with van der Waals surface area (Å²) in [7, 11) is -2.02. The highest BCUT2D eigenvalue weighted by atomic mass is 32.2. The minimum absolute atomic E-state index is 0.203. The Bertz CT molecular complexity index is 903. The third kappa shape index (κ3) is 5.16. The number of rotatable bonds is 8. The Kier molecular flexibility index (Phi) is 7.19. The van der Waals surface area contributed by atoms with Crippen LogP contribution < -0.4 is 4.74 Å². The molecular weight excluding hydrogens is 426 g/mol. The van der Waals surface area contributed by atoms with Crippen LogP contribution in [0.3, 0.4) is 0 Å². The van der Waals surface area contributed by atoms with Crippen molar-refractivity contribution in [2.45, 2.75) is 39.2 Å². The molecule has 152 valence electrons. The van der Waals surface area contributed by atoms with Gasteiger partial charge in [0, 0.05) is 25.0 Å². The van der Waals surface area contributed by atoms with Crippen LogP contribution in [0.15, 0.2) is 51.3 Å². The molecule has 1 aromatic carbocycles. The lowest BCUT2D eigenvalue weighted by Crippen LogP contribution is -2.27. The number of ether oxygens (including phenoxy) is 1. The monoisotopic (exact) mass is 446 g/mol. The maximum Gasteiger partial charge on any atom is 0.289 e. The summed E-state index contributed by atoms with van der Waals surface area (Å²) in [6.45, 7) is 1.11. The van der Waals surface area contributed by atoms with Crippen molar-refractivity contribution in [3.63, 3.8) is 0 Å². The first-order valence-corrected chi connectivity index (χ1v) is 11.9. The van der Waals surface area contributed by atoms with Crippen LogP contribution in [-0.2, 0) is 15.8 Å². The normalized spacial score (nSPS) is 15.3. The fraction of sp³-hybridized carbons (Fsp3) is 0.389. The maximum absolute atomic E-state index is 12.6. The van der Waals surface area contributed by atoms with Crippen LogP contribution in [0.25, 0.3) is 0 Å². The van der Waals surface area contributed by atoms with E-state index in [4.69, 9.17) is 4.74 Å². The molecule has 10 heteroatoms. The van der Waals surface area contributed by atoms with Gasteiger partial charge in [0.05, 0.1) is 17.0 Å². The average Bonchev–Trinajstić information content (AvgIpc) is 3.23. The summed E-state index contributed by atoms with van der Waals surface area (Å²) < 4.78 is 56.8. The smallest absolute Gasteiger partial charge is 0.289 e. The number of sulfonamides is 1. The van der Waals surface area contributed by atoms with Gasteiger partial charge in [-0.3, -0.25) is 0 Å². The molecular formula is C18H20F2N2O3S3. The second-order valence-corrected chi connectivity index (χ2v) is 10.1. The van der Waals surface area contributed by atoms with E-state index in [0.717, 1.165) is 18.4 Å². The van der Waals surface area contributed by atoms with Crippen molar-refractivity contribution in [3.8, 4) is 5.75 Å². The molecule has 28 heavy (non-hydrogen) atoms. The van der Waals surface area contributed by atoms with Crippen molar-refractivity contribution in [3.05, 3.63) is 42.1 Å². The first-order chi connectivity index (χ1) is 13.4. The summed E-state index contributed by atoms with van der Waals surface area (Å²) in [4.78, 5) is 4.85. The lowest BCUT2D eigenvalue weighted by molar-refractivity contribution is 0.251. The Balaban J connectivity index is 1.65. The molecule has 5 nitrogen and oxygen atoms in total. The Labute approximate surface area is 171 Å². The second kappa shape index (κ2) is 9.43. The van der Waals surface area contributed by atoms with E-state index in [1.807, 2.05) is 0 Å². The van der Waals surface area contributed by atoms with Gasteiger partial charge < -0.3 is 4.74 Å². The van der Waals surface area contributed by atoms with E-state index in [-0.39, 0.29) is 4.90 Å². The first-order valence-electron chi connectivity index (χ1n) is 8.61. The number of alkyl halides is 2. The quantitative estimate of drug-likeness (QED) is 0.557. The minimum atomic E-state index is -3.46. The molecule has 0 saturated carbocycles. The Morgan fingerprint density at radius 2 is 1.96 bits per heavy atom. The van der Waals surface area contributed by atoms with Gasteiger partial charge in [0.15, 0.2) is 0 Å². The van der Waals surface area contributed by atoms with E-state index in [1.54, 1.807) is 30.3 Å². The van der Waals surface area contributed by atoms with E-state index in [9.17, 15) is 17.2 Å². The van der Waals surface area contributed by atoms with E-state index in [2.05, 4.69) is 4.98 Å². The van der Waals surface area contributed by atoms with Crippen LogP contribution in [-0.4, -0.2) is 43.7 Å². The molecule has 1 saturated heterocycles. The van der Waals surface area contributed by atoms with Crippen LogP contribution in [0, 0.1) is 0 Å². The molecule has 2 aromatic rings. The van der Waals surface area contributed by atoms with Crippen molar-refractivity contribution >= 4 is 33.5 Å². The molecule has 0 N–H and O–H groups in total. The number of benzene rings is 1. The summed E-state index contributed by atoms with van der Waals surface area (Å²) in [6.07, 6.45) is 3.16. The summed E-state index contributed by atoms with van der Waals surface area (Å²) in [6, 6.07) is 8.37. The number of thioether (sulfide) groups is 2. The third-order valence-corrected chi connectivity index (χ3v) is 7.91. The minimum Gasteiger partial charge on any atom is -0.496 e. The van der Waals surface area contributed by atoms with Crippen molar-refractivity contribution in [2.24, 2.45) is 0 Å². The lowest BCUT2D eigenvalue weighted by atomic mass is 10.2. The summed E-state index contributed by atoms with van der Waals surface area (Å²) in [5.41, 5.74) is 0.899. The highest BCUT2D eigenvalue weighted by molar-refractivity contribution is 7.99. The Hall–Kier alpha value is -1.36. The van der Waals surface area contributed by atoms with Gasteiger partial charge in [-0.15, -0.1) is 11.8 Å². The van der Waals surface area contributed by atoms with Gasteiger partial charge in [-0.05, 0) is 42.7 Å². The fourth-order valence-corrected chi connectivity index (χ4v) is 5.68. The highest BCUT2D eigenvalue weighted by Crippen LogP contribution is 2.35. The zero-order chi connectivity index (χ0) is 20.1.